The normalized spacial score (nSPS) is 10.1. The second-order valence-corrected chi connectivity index (χ2v) is 6.11. The average molecular weight is 349 g/mol. The van der Waals surface area contributed by atoms with E-state index in [9.17, 15) is 10.1 Å². The molecule has 124 valence electrons. The molecule has 0 N–H and O–H groups in total. The van der Waals surface area contributed by atoms with Crippen LogP contribution < -0.4 is 9.47 Å². The largest absolute Gasteiger partial charge is 0.496 e. The molecule has 0 spiro atoms. The van der Waals surface area contributed by atoms with Crippen LogP contribution in [0, 0.1) is 11.3 Å². The van der Waals surface area contributed by atoms with Gasteiger partial charge in [-0.2, -0.15) is 5.26 Å². The van der Waals surface area contributed by atoms with Gasteiger partial charge in [-0.1, -0.05) is 30.3 Å². The lowest BCUT2D eigenvalue weighted by Crippen LogP contribution is -2.00. The minimum atomic E-state index is 0.217. The molecule has 0 bridgehead atoms. The van der Waals surface area contributed by atoms with Crippen molar-refractivity contribution in [3.8, 4) is 28.0 Å². The fraction of sp³-hybridized carbons (Fsp3) is 0.100. The van der Waals surface area contributed by atoms with Crippen molar-refractivity contribution in [3.05, 3.63) is 70.6 Å². The lowest BCUT2D eigenvalue weighted by Gasteiger charge is -2.10. The Labute approximate surface area is 149 Å². The van der Waals surface area contributed by atoms with Crippen LogP contribution in [0.3, 0.4) is 0 Å². The number of hydrogen-bond acceptors (Lipinski definition) is 5. The van der Waals surface area contributed by atoms with Gasteiger partial charge in [0.15, 0.2) is 5.06 Å². The van der Waals surface area contributed by atoms with Crippen LogP contribution in [0.1, 0.15) is 21.5 Å². The van der Waals surface area contributed by atoms with Crippen molar-refractivity contribution >= 4 is 17.6 Å². The highest BCUT2D eigenvalue weighted by molar-refractivity contribution is 7.12. The summed E-state index contributed by atoms with van der Waals surface area (Å²) in [5.74, 6) is 0.643. The molecule has 1 heterocycles. The quantitative estimate of drug-likeness (QED) is 0.606. The van der Waals surface area contributed by atoms with Gasteiger partial charge in [0, 0.05) is 22.1 Å². The van der Waals surface area contributed by atoms with Gasteiger partial charge in [-0.05, 0) is 23.8 Å². The van der Waals surface area contributed by atoms with Crippen LogP contribution in [0.5, 0.6) is 10.8 Å². The number of benzene rings is 2. The first-order chi connectivity index (χ1) is 12.3. The first-order valence-electron chi connectivity index (χ1n) is 7.58. The molecule has 0 radical (unpaired) electrons. The van der Waals surface area contributed by atoms with Crippen LogP contribution in [0.25, 0.3) is 11.1 Å². The van der Waals surface area contributed by atoms with Crippen molar-refractivity contribution in [2.75, 3.05) is 7.11 Å². The molecular weight excluding hydrogens is 334 g/mol. The van der Waals surface area contributed by atoms with Gasteiger partial charge in [0.25, 0.3) is 0 Å². The van der Waals surface area contributed by atoms with Gasteiger partial charge in [-0.25, -0.2) is 0 Å². The van der Waals surface area contributed by atoms with Crippen molar-refractivity contribution in [3.63, 3.8) is 0 Å². The molecule has 0 aliphatic heterocycles. The molecule has 2 aromatic carbocycles. The smallest absolute Gasteiger partial charge is 0.192 e. The highest BCUT2D eigenvalue weighted by Gasteiger charge is 2.15. The maximum atomic E-state index is 11.0. The summed E-state index contributed by atoms with van der Waals surface area (Å²) in [5, 5.41) is 12.0. The van der Waals surface area contributed by atoms with Crippen LogP contribution in [-0.2, 0) is 6.61 Å². The summed E-state index contributed by atoms with van der Waals surface area (Å²) in [6.07, 6.45) is 0.780. The standard InChI is InChI=1S/C20H15NO3S/c1-23-19-8-7-14(11-22)9-16(19)12-24-20-17(10-21)18(13-25-20)15-5-3-2-4-6-15/h2-9,11,13H,12H2,1H3. The molecule has 0 saturated carbocycles. The number of rotatable bonds is 6. The molecule has 4 nitrogen and oxygen atoms in total. The maximum Gasteiger partial charge on any atom is 0.192 e. The summed E-state index contributed by atoms with van der Waals surface area (Å²) in [5.41, 5.74) is 3.66. The Morgan fingerprint density at radius 3 is 2.68 bits per heavy atom. The number of nitrogens with zero attached hydrogens (tertiary/aromatic N) is 1. The Kier molecular flexibility index (Phi) is 5.12. The van der Waals surface area contributed by atoms with Gasteiger partial charge in [0.1, 0.15) is 30.3 Å². The minimum absolute atomic E-state index is 0.217. The number of carbonyl (C=O) groups excluding carboxylic acids is 1. The van der Waals surface area contributed by atoms with Crippen molar-refractivity contribution in [1.29, 1.82) is 5.26 Å². The molecule has 5 heteroatoms. The first-order valence-corrected chi connectivity index (χ1v) is 8.46. The second kappa shape index (κ2) is 7.65. The fourth-order valence-electron chi connectivity index (χ4n) is 2.51. The summed E-state index contributed by atoms with van der Waals surface area (Å²) in [6, 6.07) is 17.1. The van der Waals surface area contributed by atoms with E-state index in [1.165, 1.54) is 11.3 Å². The van der Waals surface area contributed by atoms with Gasteiger partial charge < -0.3 is 9.47 Å². The maximum absolute atomic E-state index is 11.0. The zero-order chi connectivity index (χ0) is 17.6. The Bertz CT molecular complexity index is 926. The highest BCUT2D eigenvalue weighted by atomic mass is 32.1. The SMILES string of the molecule is COc1ccc(C=O)cc1COc1scc(-c2ccccc2)c1C#N. The number of carbonyl (C=O) groups is 1. The zero-order valence-electron chi connectivity index (χ0n) is 13.6. The molecule has 0 fully saturated rings. The molecule has 1 aromatic heterocycles. The van der Waals surface area contributed by atoms with E-state index in [4.69, 9.17) is 9.47 Å². The van der Waals surface area contributed by atoms with Crippen molar-refractivity contribution in [2.24, 2.45) is 0 Å². The Balaban J connectivity index is 1.87. The number of ether oxygens (including phenoxy) is 2. The molecule has 0 amide bonds. The van der Waals surface area contributed by atoms with Crippen LogP contribution in [0.15, 0.2) is 53.9 Å². The average Bonchev–Trinajstić information content (AvgIpc) is 3.09. The fourth-order valence-corrected chi connectivity index (χ4v) is 3.39. The monoisotopic (exact) mass is 349 g/mol. The molecule has 0 atom stereocenters. The first kappa shape index (κ1) is 16.7. The van der Waals surface area contributed by atoms with Crippen LogP contribution in [0.4, 0.5) is 0 Å². The van der Waals surface area contributed by atoms with E-state index in [0.29, 0.717) is 21.9 Å². The lowest BCUT2D eigenvalue weighted by molar-refractivity contribution is 0.112. The zero-order valence-corrected chi connectivity index (χ0v) is 14.4. The van der Waals surface area contributed by atoms with Crippen LogP contribution in [0.2, 0.25) is 0 Å². The van der Waals surface area contributed by atoms with E-state index < -0.39 is 0 Å². The van der Waals surface area contributed by atoms with Crippen molar-refractivity contribution in [1.82, 2.24) is 0 Å². The van der Waals surface area contributed by atoms with Crippen molar-refractivity contribution < 1.29 is 14.3 Å². The van der Waals surface area contributed by atoms with E-state index in [1.54, 1.807) is 25.3 Å². The molecule has 0 unspecified atom stereocenters. The molecule has 0 saturated heterocycles. The van der Waals surface area contributed by atoms with Gasteiger partial charge >= 0.3 is 0 Å². The molecule has 0 aliphatic rings. The Morgan fingerprint density at radius 1 is 1.20 bits per heavy atom. The van der Waals surface area contributed by atoms with E-state index in [0.717, 1.165) is 23.0 Å². The predicted octanol–water partition coefficient (Wildman–Crippen LogP) is 4.69. The Hall–Kier alpha value is -3.10. The Morgan fingerprint density at radius 2 is 2.00 bits per heavy atom. The van der Waals surface area contributed by atoms with E-state index >= 15 is 0 Å². The summed E-state index contributed by atoms with van der Waals surface area (Å²) in [6.45, 7) is 0.217. The van der Waals surface area contributed by atoms with Gasteiger partial charge in [-0.3, -0.25) is 4.79 Å². The third-order valence-electron chi connectivity index (χ3n) is 3.75. The van der Waals surface area contributed by atoms with E-state index in [2.05, 4.69) is 6.07 Å². The number of nitriles is 1. The number of hydrogen-bond donors (Lipinski definition) is 0. The summed E-state index contributed by atoms with van der Waals surface area (Å²) in [4.78, 5) is 11.0. The lowest BCUT2D eigenvalue weighted by atomic mass is 10.1. The topological polar surface area (TPSA) is 59.3 Å². The number of thiophene rings is 1. The molecule has 25 heavy (non-hydrogen) atoms. The third kappa shape index (κ3) is 3.54. The minimum Gasteiger partial charge on any atom is -0.496 e. The van der Waals surface area contributed by atoms with Gasteiger partial charge in [0.2, 0.25) is 0 Å². The molecule has 3 rings (SSSR count). The summed E-state index contributed by atoms with van der Waals surface area (Å²) in [7, 11) is 1.57. The van der Waals surface area contributed by atoms with Gasteiger partial charge in [0.05, 0.1) is 7.11 Å². The van der Waals surface area contributed by atoms with Crippen molar-refractivity contribution in [2.45, 2.75) is 6.61 Å². The predicted molar refractivity (Wildman–Crippen MR) is 97.2 cm³/mol. The molecule has 0 aliphatic carbocycles. The highest BCUT2D eigenvalue weighted by Crippen LogP contribution is 2.37. The summed E-state index contributed by atoms with van der Waals surface area (Å²) < 4.78 is 11.2. The number of methoxy groups -OCH3 is 1. The molecule has 3 aromatic rings. The van der Waals surface area contributed by atoms with E-state index in [1.807, 2.05) is 35.7 Å². The van der Waals surface area contributed by atoms with Crippen LogP contribution >= 0.6 is 11.3 Å². The van der Waals surface area contributed by atoms with Crippen LogP contribution in [-0.4, -0.2) is 13.4 Å². The summed E-state index contributed by atoms with van der Waals surface area (Å²) >= 11 is 1.38. The third-order valence-corrected chi connectivity index (χ3v) is 4.64. The second-order valence-electron chi connectivity index (χ2n) is 5.27. The van der Waals surface area contributed by atoms with E-state index in [-0.39, 0.29) is 6.61 Å². The molecular formula is C20H15NO3S. The number of aldehydes is 1. The van der Waals surface area contributed by atoms with Gasteiger partial charge in [-0.15, -0.1) is 11.3 Å².